The van der Waals surface area contributed by atoms with Crippen LogP contribution in [0.3, 0.4) is 0 Å². The zero-order valence-corrected chi connectivity index (χ0v) is 13.4. The summed E-state index contributed by atoms with van der Waals surface area (Å²) in [6, 6.07) is 2.08. The van der Waals surface area contributed by atoms with Crippen molar-refractivity contribution >= 4 is 17.9 Å². The topological polar surface area (TPSA) is 125 Å². The third-order valence-corrected chi connectivity index (χ3v) is 3.99. The van der Waals surface area contributed by atoms with E-state index in [2.05, 4.69) is 6.07 Å². The molecule has 0 saturated carbocycles. The van der Waals surface area contributed by atoms with Gasteiger partial charge in [0.2, 0.25) is 0 Å². The van der Waals surface area contributed by atoms with Crippen LogP contribution < -0.4 is 0 Å². The number of nitrogens with zero attached hydrogens (tertiary/aromatic N) is 1. The van der Waals surface area contributed by atoms with E-state index in [9.17, 15) is 19.6 Å². The van der Waals surface area contributed by atoms with Gasteiger partial charge in [-0.2, -0.15) is 5.26 Å². The summed E-state index contributed by atoms with van der Waals surface area (Å²) in [5, 5.41) is 26.7. The molecule has 0 aliphatic rings. The number of esters is 1. The number of nitriles is 1. The van der Waals surface area contributed by atoms with Crippen molar-refractivity contribution < 1.29 is 29.3 Å². The van der Waals surface area contributed by atoms with Crippen molar-refractivity contribution in [2.45, 2.75) is 47.0 Å². The molecule has 0 aromatic heterocycles. The second-order valence-corrected chi connectivity index (χ2v) is 6.29. The SMILES string of the molecule is CC(C)C(C)(CC(C)(C#N)CCC(=O)O)C(=O)OCC(=O)O. The van der Waals surface area contributed by atoms with E-state index in [1.807, 2.05) is 0 Å². The van der Waals surface area contributed by atoms with E-state index in [0.717, 1.165) is 0 Å². The molecule has 0 bridgehead atoms. The van der Waals surface area contributed by atoms with E-state index in [-0.39, 0.29) is 25.2 Å². The van der Waals surface area contributed by atoms with Crippen LogP contribution in [0.25, 0.3) is 0 Å². The maximum Gasteiger partial charge on any atom is 0.341 e. The third-order valence-electron chi connectivity index (χ3n) is 3.99. The number of hydrogen-bond donors (Lipinski definition) is 2. The Hall–Kier alpha value is -2.10. The van der Waals surface area contributed by atoms with Crippen LogP contribution in [0.5, 0.6) is 0 Å². The van der Waals surface area contributed by atoms with Crippen LogP contribution in [-0.2, 0) is 19.1 Å². The Morgan fingerprint density at radius 2 is 1.73 bits per heavy atom. The molecule has 0 rings (SSSR count). The van der Waals surface area contributed by atoms with Crippen molar-refractivity contribution in [3.8, 4) is 6.07 Å². The molecule has 0 spiro atoms. The number of hydrogen-bond acceptors (Lipinski definition) is 5. The maximum atomic E-state index is 12.2. The van der Waals surface area contributed by atoms with Gasteiger partial charge in [0.1, 0.15) is 0 Å². The average Bonchev–Trinajstić information content (AvgIpc) is 2.42. The van der Waals surface area contributed by atoms with Gasteiger partial charge in [0.05, 0.1) is 16.9 Å². The van der Waals surface area contributed by atoms with E-state index < -0.39 is 35.3 Å². The lowest BCUT2D eigenvalue weighted by molar-refractivity contribution is -0.166. The number of carbonyl (C=O) groups is 3. The first-order valence-corrected chi connectivity index (χ1v) is 6.99. The van der Waals surface area contributed by atoms with Gasteiger partial charge in [0, 0.05) is 6.42 Å². The van der Waals surface area contributed by atoms with E-state index in [4.69, 9.17) is 14.9 Å². The fourth-order valence-electron chi connectivity index (χ4n) is 2.18. The molecule has 124 valence electrons. The Kier molecular flexibility index (Phi) is 7.04. The molecule has 2 atom stereocenters. The Balaban J connectivity index is 5.22. The van der Waals surface area contributed by atoms with Crippen molar-refractivity contribution in [3.05, 3.63) is 0 Å². The minimum absolute atomic E-state index is 0.0971. The van der Waals surface area contributed by atoms with Crippen LogP contribution >= 0.6 is 0 Å². The highest BCUT2D eigenvalue weighted by Crippen LogP contribution is 2.42. The normalized spacial score (nSPS) is 16.2. The van der Waals surface area contributed by atoms with Crippen LogP contribution in [0.4, 0.5) is 0 Å². The Morgan fingerprint density at radius 3 is 2.09 bits per heavy atom. The predicted octanol–water partition coefficient (Wildman–Crippen LogP) is 2.06. The Labute approximate surface area is 129 Å². The number of carboxylic acid groups (broad SMARTS) is 2. The lowest BCUT2D eigenvalue weighted by Crippen LogP contribution is -2.40. The lowest BCUT2D eigenvalue weighted by Gasteiger charge is -2.36. The number of rotatable bonds is 9. The van der Waals surface area contributed by atoms with Crippen LogP contribution in [0.1, 0.15) is 47.0 Å². The highest BCUT2D eigenvalue weighted by molar-refractivity contribution is 5.80. The zero-order chi connectivity index (χ0) is 17.6. The minimum Gasteiger partial charge on any atom is -0.481 e. The summed E-state index contributed by atoms with van der Waals surface area (Å²) in [6.07, 6.45) is 0.0235. The van der Waals surface area contributed by atoms with Gasteiger partial charge < -0.3 is 14.9 Å². The summed E-state index contributed by atoms with van der Waals surface area (Å²) < 4.78 is 4.78. The summed E-state index contributed by atoms with van der Waals surface area (Å²) >= 11 is 0. The van der Waals surface area contributed by atoms with E-state index >= 15 is 0 Å². The van der Waals surface area contributed by atoms with Crippen molar-refractivity contribution in [3.63, 3.8) is 0 Å². The highest BCUT2D eigenvalue weighted by Gasteiger charge is 2.44. The molecule has 2 unspecified atom stereocenters. The Morgan fingerprint density at radius 1 is 1.18 bits per heavy atom. The molecule has 22 heavy (non-hydrogen) atoms. The van der Waals surface area contributed by atoms with Gasteiger partial charge in [0.25, 0.3) is 0 Å². The molecule has 0 saturated heterocycles. The van der Waals surface area contributed by atoms with Crippen molar-refractivity contribution in [1.29, 1.82) is 5.26 Å². The molecular formula is C15H23NO6. The first-order valence-electron chi connectivity index (χ1n) is 6.99. The van der Waals surface area contributed by atoms with Gasteiger partial charge in [-0.1, -0.05) is 13.8 Å². The van der Waals surface area contributed by atoms with Crippen LogP contribution in [0, 0.1) is 28.1 Å². The fourth-order valence-corrected chi connectivity index (χ4v) is 2.18. The third kappa shape index (κ3) is 5.72. The van der Waals surface area contributed by atoms with Crippen molar-refractivity contribution in [2.75, 3.05) is 6.61 Å². The first kappa shape index (κ1) is 19.9. The monoisotopic (exact) mass is 313 g/mol. The zero-order valence-electron chi connectivity index (χ0n) is 13.4. The second kappa shape index (κ2) is 7.78. The van der Waals surface area contributed by atoms with Crippen LogP contribution in [0.2, 0.25) is 0 Å². The van der Waals surface area contributed by atoms with Crippen molar-refractivity contribution in [2.24, 2.45) is 16.7 Å². The smallest absolute Gasteiger partial charge is 0.341 e. The standard InChI is InChI=1S/C15H23NO6/c1-10(2)15(4,13(21)22-7-12(19)20)8-14(3,9-16)6-5-11(17)18/h10H,5-8H2,1-4H3,(H,17,18)(H,19,20). The van der Waals surface area contributed by atoms with Gasteiger partial charge in [-0.15, -0.1) is 0 Å². The summed E-state index contributed by atoms with van der Waals surface area (Å²) in [4.78, 5) is 33.5. The second-order valence-electron chi connectivity index (χ2n) is 6.29. The average molecular weight is 313 g/mol. The van der Waals surface area contributed by atoms with Crippen molar-refractivity contribution in [1.82, 2.24) is 0 Å². The predicted molar refractivity (Wildman–Crippen MR) is 76.7 cm³/mol. The number of carbonyl (C=O) groups excluding carboxylic acids is 1. The van der Waals surface area contributed by atoms with Crippen LogP contribution in [0.15, 0.2) is 0 Å². The molecule has 0 aromatic rings. The molecular weight excluding hydrogens is 290 g/mol. The molecule has 0 aliphatic heterocycles. The lowest BCUT2D eigenvalue weighted by atomic mass is 9.66. The van der Waals surface area contributed by atoms with E-state index in [1.54, 1.807) is 27.7 Å². The quantitative estimate of drug-likeness (QED) is 0.624. The number of ether oxygens (including phenoxy) is 1. The van der Waals surface area contributed by atoms with Gasteiger partial charge in [-0.3, -0.25) is 9.59 Å². The van der Waals surface area contributed by atoms with Crippen LogP contribution in [-0.4, -0.2) is 34.7 Å². The molecule has 0 heterocycles. The largest absolute Gasteiger partial charge is 0.481 e. The molecule has 0 amide bonds. The maximum absolute atomic E-state index is 12.2. The summed E-state index contributed by atoms with van der Waals surface area (Å²) in [5.74, 6) is -3.16. The highest BCUT2D eigenvalue weighted by atomic mass is 16.6. The van der Waals surface area contributed by atoms with E-state index in [0.29, 0.717) is 0 Å². The molecule has 0 aliphatic carbocycles. The molecule has 0 aromatic carbocycles. The molecule has 0 radical (unpaired) electrons. The summed E-state index contributed by atoms with van der Waals surface area (Å²) in [5.41, 5.74) is -2.09. The van der Waals surface area contributed by atoms with E-state index in [1.165, 1.54) is 0 Å². The van der Waals surface area contributed by atoms with Gasteiger partial charge in [-0.05, 0) is 32.6 Å². The number of aliphatic carboxylic acids is 2. The summed E-state index contributed by atoms with van der Waals surface area (Å²) in [6.45, 7) is 6.02. The Bertz CT molecular complexity index is 481. The molecule has 0 fully saturated rings. The molecule has 2 N–H and O–H groups in total. The number of carboxylic acids is 2. The molecule has 7 heteroatoms. The fraction of sp³-hybridized carbons (Fsp3) is 0.733. The summed E-state index contributed by atoms with van der Waals surface area (Å²) in [7, 11) is 0. The van der Waals surface area contributed by atoms with Gasteiger partial charge in [-0.25, -0.2) is 4.79 Å². The first-order chi connectivity index (χ1) is 9.96. The van der Waals surface area contributed by atoms with Gasteiger partial charge in [0.15, 0.2) is 6.61 Å². The molecule has 7 nitrogen and oxygen atoms in total. The minimum atomic E-state index is -1.26. The van der Waals surface area contributed by atoms with Gasteiger partial charge >= 0.3 is 17.9 Å².